The highest BCUT2D eigenvalue weighted by Crippen LogP contribution is 2.40. The van der Waals surface area contributed by atoms with Crippen LogP contribution in [0.5, 0.6) is 0 Å². The monoisotopic (exact) mass is 351 g/mol. The van der Waals surface area contributed by atoms with Gasteiger partial charge in [0.15, 0.2) is 0 Å². The highest BCUT2D eigenvalue weighted by Gasteiger charge is 2.39. The molecule has 0 spiro atoms. The SMILES string of the molecule is CC(C)(C)ON1C[C@](C)(CBr)C(c2ccccc2)=CC1=O. The Morgan fingerprint density at radius 1 is 1.29 bits per heavy atom. The van der Waals surface area contributed by atoms with Gasteiger partial charge in [0.25, 0.3) is 5.91 Å². The van der Waals surface area contributed by atoms with Crippen molar-refractivity contribution in [3.8, 4) is 0 Å². The van der Waals surface area contributed by atoms with Crippen LogP contribution in [-0.4, -0.2) is 28.4 Å². The molecule has 0 radical (unpaired) electrons. The molecule has 1 atom stereocenters. The summed E-state index contributed by atoms with van der Waals surface area (Å²) < 4.78 is 0. The zero-order valence-corrected chi connectivity index (χ0v) is 14.6. The maximum atomic E-state index is 12.4. The van der Waals surface area contributed by atoms with E-state index in [1.54, 1.807) is 6.08 Å². The summed E-state index contributed by atoms with van der Waals surface area (Å²) in [6, 6.07) is 10.1. The molecule has 1 amide bonds. The molecule has 1 aromatic rings. The molecule has 0 bridgehead atoms. The summed E-state index contributed by atoms with van der Waals surface area (Å²) >= 11 is 3.60. The van der Waals surface area contributed by atoms with E-state index in [0.29, 0.717) is 6.54 Å². The summed E-state index contributed by atoms with van der Waals surface area (Å²) in [6.45, 7) is 8.52. The number of halogens is 1. The predicted octanol–water partition coefficient (Wildman–Crippen LogP) is 4.04. The van der Waals surface area contributed by atoms with E-state index in [9.17, 15) is 4.79 Å². The van der Waals surface area contributed by atoms with E-state index in [1.165, 1.54) is 5.06 Å². The molecule has 3 nitrogen and oxygen atoms in total. The summed E-state index contributed by atoms with van der Waals surface area (Å²) in [5.74, 6) is -0.0952. The zero-order valence-electron chi connectivity index (χ0n) is 13.0. The molecule has 0 unspecified atom stereocenters. The second-order valence-electron chi connectivity index (χ2n) is 6.70. The topological polar surface area (TPSA) is 29.5 Å². The third kappa shape index (κ3) is 3.74. The first kappa shape index (κ1) is 16.2. The number of carbonyl (C=O) groups excluding carboxylic acids is 1. The average molecular weight is 352 g/mol. The van der Waals surface area contributed by atoms with Crippen molar-refractivity contribution in [2.45, 2.75) is 33.3 Å². The molecule has 0 N–H and O–H groups in total. The minimum atomic E-state index is -0.388. The number of hydrogen-bond acceptors (Lipinski definition) is 2. The lowest BCUT2D eigenvalue weighted by molar-refractivity contribution is -0.229. The van der Waals surface area contributed by atoms with Crippen molar-refractivity contribution in [3.63, 3.8) is 0 Å². The van der Waals surface area contributed by atoms with Crippen molar-refractivity contribution in [2.24, 2.45) is 5.41 Å². The molecule has 0 aliphatic carbocycles. The van der Waals surface area contributed by atoms with E-state index in [0.717, 1.165) is 16.5 Å². The van der Waals surface area contributed by atoms with Crippen LogP contribution in [0.25, 0.3) is 5.57 Å². The zero-order chi connectivity index (χ0) is 15.7. The largest absolute Gasteiger partial charge is 0.270 e. The van der Waals surface area contributed by atoms with E-state index in [2.05, 4.69) is 22.9 Å². The van der Waals surface area contributed by atoms with Crippen LogP contribution in [0.2, 0.25) is 0 Å². The van der Waals surface area contributed by atoms with Crippen LogP contribution < -0.4 is 0 Å². The third-order valence-corrected chi connectivity index (χ3v) is 4.66. The fourth-order valence-electron chi connectivity index (χ4n) is 2.42. The van der Waals surface area contributed by atoms with Gasteiger partial charge in [0, 0.05) is 16.8 Å². The van der Waals surface area contributed by atoms with Gasteiger partial charge in [0.05, 0.1) is 12.1 Å². The molecule has 0 saturated heterocycles. The van der Waals surface area contributed by atoms with Gasteiger partial charge < -0.3 is 0 Å². The average Bonchev–Trinajstić information content (AvgIpc) is 2.42. The minimum Gasteiger partial charge on any atom is -0.267 e. The Labute approximate surface area is 135 Å². The van der Waals surface area contributed by atoms with Crippen molar-refractivity contribution >= 4 is 27.4 Å². The number of hydrogen-bond donors (Lipinski definition) is 0. The molecular weight excluding hydrogens is 330 g/mol. The molecule has 4 heteroatoms. The van der Waals surface area contributed by atoms with Gasteiger partial charge in [0.2, 0.25) is 0 Å². The Morgan fingerprint density at radius 3 is 2.43 bits per heavy atom. The van der Waals surface area contributed by atoms with Crippen molar-refractivity contribution in [1.29, 1.82) is 0 Å². The highest BCUT2D eigenvalue weighted by molar-refractivity contribution is 9.09. The molecule has 1 heterocycles. The first-order valence-corrected chi connectivity index (χ1v) is 8.21. The van der Waals surface area contributed by atoms with Gasteiger partial charge in [-0.05, 0) is 31.9 Å². The highest BCUT2D eigenvalue weighted by atomic mass is 79.9. The second kappa shape index (κ2) is 5.93. The van der Waals surface area contributed by atoms with Crippen LogP contribution >= 0.6 is 15.9 Å². The molecule has 0 fully saturated rings. The fraction of sp³-hybridized carbons (Fsp3) is 0.471. The standard InChI is InChI=1S/C17H22BrNO2/c1-16(2,3)21-19-12-17(4,11-18)14(10-15(19)20)13-8-6-5-7-9-13/h5-10H,11-12H2,1-4H3/t17-/m0/s1. The minimum absolute atomic E-state index is 0.0952. The number of carbonyl (C=O) groups is 1. The second-order valence-corrected chi connectivity index (χ2v) is 7.26. The van der Waals surface area contributed by atoms with Gasteiger partial charge in [-0.15, -0.1) is 0 Å². The van der Waals surface area contributed by atoms with Crippen LogP contribution in [-0.2, 0) is 9.63 Å². The molecule has 0 saturated carbocycles. The lowest BCUT2D eigenvalue weighted by Gasteiger charge is -2.41. The first-order chi connectivity index (χ1) is 9.75. The van der Waals surface area contributed by atoms with Crippen molar-refractivity contribution in [1.82, 2.24) is 5.06 Å². The summed E-state index contributed by atoms with van der Waals surface area (Å²) in [7, 11) is 0. The number of benzene rings is 1. The molecule has 1 aromatic carbocycles. The lowest BCUT2D eigenvalue weighted by atomic mass is 9.78. The van der Waals surface area contributed by atoms with Crippen LogP contribution in [0.4, 0.5) is 0 Å². The Bertz CT molecular complexity index is 548. The quantitative estimate of drug-likeness (QED) is 0.769. The van der Waals surface area contributed by atoms with Crippen LogP contribution in [0.3, 0.4) is 0 Å². The van der Waals surface area contributed by atoms with Crippen molar-refractivity contribution in [3.05, 3.63) is 42.0 Å². The van der Waals surface area contributed by atoms with Gasteiger partial charge in [-0.25, -0.2) is 5.06 Å². The number of rotatable bonds is 3. The first-order valence-electron chi connectivity index (χ1n) is 7.09. The van der Waals surface area contributed by atoms with Crippen LogP contribution in [0.15, 0.2) is 36.4 Å². The van der Waals surface area contributed by atoms with Crippen molar-refractivity contribution in [2.75, 3.05) is 11.9 Å². The Balaban J connectivity index is 2.38. The maximum Gasteiger partial charge on any atom is 0.270 e. The number of hydroxylamine groups is 2. The fourth-order valence-corrected chi connectivity index (χ4v) is 2.90. The van der Waals surface area contributed by atoms with E-state index >= 15 is 0 Å². The van der Waals surface area contributed by atoms with Crippen LogP contribution in [0.1, 0.15) is 33.3 Å². The van der Waals surface area contributed by atoms with Crippen molar-refractivity contribution < 1.29 is 9.63 Å². The molecule has 114 valence electrons. The van der Waals surface area contributed by atoms with Gasteiger partial charge in [-0.1, -0.05) is 53.2 Å². The molecular formula is C17H22BrNO2. The number of amides is 1. The Hall–Kier alpha value is -1.13. The smallest absolute Gasteiger partial charge is 0.267 e. The van der Waals surface area contributed by atoms with Gasteiger partial charge in [-0.3, -0.25) is 9.63 Å². The summed E-state index contributed by atoms with van der Waals surface area (Å²) in [5, 5.41) is 2.24. The molecule has 1 aliphatic heterocycles. The third-order valence-electron chi connectivity index (χ3n) is 3.42. The number of alkyl halides is 1. The van der Waals surface area contributed by atoms with Gasteiger partial charge in [0.1, 0.15) is 0 Å². The van der Waals surface area contributed by atoms with Gasteiger partial charge >= 0.3 is 0 Å². The summed E-state index contributed by atoms with van der Waals surface area (Å²) in [6.07, 6.45) is 1.70. The van der Waals surface area contributed by atoms with E-state index in [4.69, 9.17) is 4.84 Å². The van der Waals surface area contributed by atoms with Gasteiger partial charge in [-0.2, -0.15) is 0 Å². The Morgan fingerprint density at radius 2 is 1.90 bits per heavy atom. The molecule has 0 aromatic heterocycles. The normalized spacial score (nSPS) is 23.2. The predicted molar refractivity (Wildman–Crippen MR) is 88.9 cm³/mol. The molecule has 2 rings (SSSR count). The van der Waals surface area contributed by atoms with E-state index in [-0.39, 0.29) is 16.9 Å². The van der Waals surface area contributed by atoms with E-state index < -0.39 is 0 Å². The summed E-state index contributed by atoms with van der Waals surface area (Å²) in [5.41, 5.74) is 1.57. The lowest BCUT2D eigenvalue weighted by Crippen LogP contribution is -2.47. The molecule has 21 heavy (non-hydrogen) atoms. The molecule has 1 aliphatic rings. The number of nitrogens with zero attached hydrogens (tertiary/aromatic N) is 1. The Kier molecular flexibility index (Phi) is 4.59. The summed E-state index contributed by atoms with van der Waals surface area (Å²) in [4.78, 5) is 18.2. The van der Waals surface area contributed by atoms with Crippen LogP contribution in [0, 0.1) is 5.41 Å². The van der Waals surface area contributed by atoms with E-state index in [1.807, 2.05) is 51.1 Å². The maximum absolute atomic E-state index is 12.4.